The molecule has 7 heteroatoms. The van der Waals surface area contributed by atoms with Crippen LogP contribution in [-0.2, 0) is 6.54 Å². The fraction of sp³-hybridized carbons (Fsp3) is 0.478. The van der Waals surface area contributed by atoms with E-state index in [1.165, 1.54) is 19.3 Å². The summed E-state index contributed by atoms with van der Waals surface area (Å²) in [6.45, 7) is 6.82. The molecule has 2 aromatic rings. The van der Waals surface area contributed by atoms with Crippen LogP contribution in [0.15, 0.2) is 27.5 Å². The number of carbonyl (C=O) groups is 1. The lowest BCUT2D eigenvalue weighted by Gasteiger charge is -2.36. The molecule has 0 radical (unpaired) electrons. The summed E-state index contributed by atoms with van der Waals surface area (Å²) >= 11 is 10.3. The van der Waals surface area contributed by atoms with Gasteiger partial charge in [0.05, 0.1) is 16.3 Å². The monoisotopic (exact) mass is 493 g/mol. The molecule has 1 saturated carbocycles. The predicted octanol–water partition coefficient (Wildman–Crippen LogP) is 5.50. The number of H-pyrrole nitrogens is 1. The molecule has 0 saturated heterocycles. The second-order valence-corrected chi connectivity index (χ2v) is 9.28. The number of aromatic amines is 1. The number of anilines is 1. The van der Waals surface area contributed by atoms with E-state index in [0.29, 0.717) is 22.2 Å². The van der Waals surface area contributed by atoms with Gasteiger partial charge in [0.2, 0.25) is 0 Å². The van der Waals surface area contributed by atoms with Crippen molar-refractivity contribution in [1.82, 2.24) is 10.3 Å². The first-order valence-electron chi connectivity index (χ1n) is 10.5. The number of aromatic nitrogens is 1. The molecule has 1 amide bonds. The number of hydrogen-bond acceptors (Lipinski definition) is 3. The molecule has 1 aromatic heterocycles. The molecule has 0 spiro atoms. The highest BCUT2D eigenvalue weighted by Crippen LogP contribution is 2.36. The highest BCUT2D eigenvalue weighted by atomic mass is 79.9. The summed E-state index contributed by atoms with van der Waals surface area (Å²) in [4.78, 5) is 30.3. The Hall–Kier alpha value is -1.79. The summed E-state index contributed by atoms with van der Waals surface area (Å²) in [6.07, 6.45) is 6.03. The van der Waals surface area contributed by atoms with Crippen molar-refractivity contribution < 1.29 is 4.79 Å². The summed E-state index contributed by atoms with van der Waals surface area (Å²) in [7, 11) is 0. The number of amides is 1. The van der Waals surface area contributed by atoms with E-state index < -0.39 is 0 Å². The Balaban J connectivity index is 1.85. The largest absolute Gasteiger partial charge is 0.368 e. The van der Waals surface area contributed by atoms with Gasteiger partial charge >= 0.3 is 0 Å². The standard InChI is InChI=1S/C23H29BrClN3O2/c1-4-28(17-8-6-5-7-9-17)20-12-16(24)11-18(21(20)25)22(29)26-13-19-14(2)10-15(3)27-23(19)30/h10-12,17H,4-9,13H2,1-3H3,(H,26,29)(H,27,30). The van der Waals surface area contributed by atoms with Crippen molar-refractivity contribution in [1.29, 1.82) is 0 Å². The molecule has 0 bridgehead atoms. The Morgan fingerprint density at radius 2 is 1.93 bits per heavy atom. The van der Waals surface area contributed by atoms with Crippen LogP contribution in [0.3, 0.4) is 0 Å². The van der Waals surface area contributed by atoms with Crippen molar-refractivity contribution in [3.05, 3.63) is 60.4 Å². The summed E-state index contributed by atoms with van der Waals surface area (Å²) in [5, 5.41) is 3.32. The van der Waals surface area contributed by atoms with Crippen LogP contribution < -0.4 is 15.8 Å². The highest BCUT2D eigenvalue weighted by Gasteiger charge is 2.25. The number of nitrogens with one attached hydrogen (secondary N) is 2. The van der Waals surface area contributed by atoms with Gasteiger partial charge in [-0.15, -0.1) is 0 Å². The summed E-state index contributed by atoms with van der Waals surface area (Å²) in [6, 6.07) is 6.07. The second-order valence-electron chi connectivity index (χ2n) is 7.99. The van der Waals surface area contributed by atoms with Gasteiger partial charge in [0.15, 0.2) is 0 Å². The normalized spacial score (nSPS) is 14.6. The van der Waals surface area contributed by atoms with E-state index in [1.807, 2.05) is 26.0 Å². The lowest BCUT2D eigenvalue weighted by atomic mass is 9.93. The molecule has 2 N–H and O–H groups in total. The van der Waals surface area contributed by atoms with E-state index in [9.17, 15) is 9.59 Å². The fourth-order valence-corrected chi connectivity index (χ4v) is 5.08. The Morgan fingerprint density at radius 3 is 2.57 bits per heavy atom. The lowest BCUT2D eigenvalue weighted by Crippen LogP contribution is -2.37. The summed E-state index contributed by atoms with van der Waals surface area (Å²) < 4.78 is 0.811. The fourth-order valence-electron chi connectivity index (χ4n) is 4.33. The third kappa shape index (κ3) is 5.09. The van der Waals surface area contributed by atoms with Gasteiger partial charge in [-0.2, -0.15) is 0 Å². The number of nitrogens with zero attached hydrogens (tertiary/aromatic N) is 1. The highest BCUT2D eigenvalue weighted by molar-refractivity contribution is 9.10. The maximum atomic E-state index is 13.0. The molecule has 30 heavy (non-hydrogen) atoms. The zero-order valence-electron chi connectivity index (χ0n) is 17.8. The number of pyridine rings is 1. The van der Waals surface area contributed by atoms with Crippen molar-refractivity contribution in [2.24, 2.45) is 0 Å². The number of aryl methyl sites for hydroxylation is 2. The number of carbonyl (C=O) groups excluding carboxylic acids is 1. The van der Waals surface area contributed by atoms with Crippen LogP contribution in [0.2, 0.25) is 5.02 Å². The Morgan fingerprint density at radius 1 is 1.23 bits per heavy atom. The van der Waals surface area contributed by atoms with Crippen LogP contribution >= 0.6 is 27.5 Å². The molecule has 3 rings (SSSR count). The van der Waals surface area contributed by atoms with Crippen LogP contribution in [0, 0.1) is 13.8 Å². The molecular formula is C23H29BrClN3O2. The number of benzene rings is 1. The van der Waals surface area contributed by atoms with Gasteiger partial charge in [-0.05, 0) is 57.4 Å². The molecule has 5 nitrogen and oxygen atoms in total. The Kier molecular flexibility index (Phi) is 7.64. The smallest absolute Gasteiger partial charge is 0.253 e. The van der Waals surface area contributed by atoms with Crippen LogP contribution in [-0.4, -0.2) is 23.5 Å². The first-order chi connectivity index (χ1) is 14.3. The average Bonchev–Trinajstić information content (AvgIpc) is 2.70. The minimum atomic E-state index is -0.290. The summed E-state index contributed by atoms with van der Waals surface area (Å²) in [5.41, 5.74) is 3.33. The van der Waals surface area contributed by atoms with E-state index in [1.54, 1.807) is 6.07 Å². The first kappa shape index (κ1) is 22.9. The van der Waals surface area contributed by atoms with Gasteiger partial charge < -0.3 is 15.2 Å². The first-order valence-corrected chi connectivity index (χ1v) is 11.7. The number of hydrogen-bond donors (Lipinski definition) is 2. The van der Waals surface area contributed by atoms with E-state index in [0.717, 1.165) is 40.8 Å². The number of rotatable bonds is 6. The zero-order valence-corrected chi connectivity index (χ0v) is 20.1. The quantitative estimate of drug-likeness (QED) is 0.557. The van der Waals surface area contributed by atoms with Gasteiger partial charge in [0.25, 0.3) is 11.5 Å². The van der Waals surface area contributed by atoms with Crippen molar-refractivity contribution >= 4 is 39.1 Å². The minimum Gasteiger partial charge on any atom is -0.368 e. The topological polar surface area (TPSA) is 65.2 Å². The van der Waals surface area contributed by atoms with Crippen LogP contribution in [0.1, 0.15) is 66.2 Å². The van der Waals surface area contributed by atoms with Crippen molar-refractivity contribution in [3.63, 3.8) is 0 Å². The van der Waals surface area contributed by atoms with Gasteiger partial charge in [0.1, 0.15) is 0 Å². The predicted molar refractivity (Wildman–Crippen MR) is 127 cm³/mol. The number of halogens is 2. The maximum absolute atomic E-state index is 13.0. The van der Waals surface area contributed by atoms with E-state index in [4.69, 9.17) is 11.6 Å². The molecule has 0 atom stereocenters. The molecule has 0 unspecified atom stereocenters. The molecular weight excluding hydrogens is 466 g/mol. The van der Waals surface area contributed by atoms with Gasteiger partial charge in [-0.25, -0.2) is 0 Å². The van der Waals surface area contributed by atoms with Crippen LogP contribution in [0.4, 0.5) is 5.69 Å². The third-order valence-corrected chi connectivity index (χ3v) is 6.70. The van der Waals surface area contributed by atoms with E-state index >= 15 is 0 Å². The Labute approximate surface area is 191 Å². The minimum absolute atomic E-state index is 0.151. The Bertz CT molecular complexity index is 983. The third-order valence-electron chi connectivity index (χ3n) is 5.85. The summed E-state index contributed by atoms with van der Waals surface area (Å²) in [5.74, 6) is -0.290. The van der Waals surface area contributed by atoms with Gasteiger partial charge in [-0.1, -0.05) is 46.8 Å². The molecule has 1 aliphatic rings. The SMILES string of the molecule is CCN(c1cc(Br)cc(C(=O)NCc2c(C)cc(C)[nH]c2=O)c1Cl)C1CCCCC1. The maximum Gasteiger partial charge on any atom is 0.253 e. The molecule has 1 fully saturated rings. The molecule has 1 heterocycles. The van der Waals surface area contributed by atoms with Crippen molar-refractivity contribution in [3.8, 4) is 0 Å². The van der Waals surface area contributed by atoms with Crippen LogP contribution in [0.25, 0.3) is 0 Å². The second kappa shape index (κ2) is 10.0. The lowest BCUT2D eigenvalue weighted by molar-refractivity contribution is 0.0951. The molecule has 162 valence electrons. The van der Waals surface area contributed by atoms with E-state index in [2.05, 4.69) is 38.1 Å². The van der Waals surface area contributed by atoms with Crippen LogP contribution in [0.5, 0.6) is 0 Å². The molecule has 1 aromatic carbocycles. The molecule has 1 aliphatic carbocycles. The van der Waals surface area contributed by atoms with Gasteiger partial charge in [0, 0.05) is 34.9 Å². The van der Waals surface area contributed by atoms with Gasteiger partial charge in [-0.3, -0.25) is 9.59 Å². The molecule has 0 aliphatic heterocycles. The zero-order chi connectivity index (χ0) is 21.8. The van der Waals surface area contributed by atoms with E-state index in [-0.39, 0.29) is 18.0 Å². The van der Waals surface area contributed by atoms with Crippen molar-refractivity contribution in [2.75, 3.05) is 11.4 Å². The average molecular weight is 495 g/mol. The van der Waals surface area contributed by atoms with Crippen molar-refractivity contribution in [2.45, 2.75) is 65.5 Å².